The van der Waals surface area contributed by atoms with Gasteiger partial charge in [0.05, 0.1) is 0 Å². The van der Waals surface area contributed by atoms with E-state index in [-0.39, 0.29) is 0 Å². The summed E-state index contributed by atoms with van der Waals surface area (Å²) in [6, 6.07) is 47.6. The van der Waals surface area contributed by atoms with Crippen LogP contribution in [0.1, 0.15) is 22.3 Å². The second kappa shape index (κ2) is 10.2. The van der Waals surface area contributed by atoms with Gasteiger partial charge in [-0.2, -0.15) is 0 Å². The van der Waals surface area contributed by atoms with E-state index in [0.29, 0.717) is 12.4 Å². The van der Waals surface area contributed by atoms with Gasteiger partial charge in [0, 0.05) is 12.1 Å². The van der Waals surface area contributed by atoms with Crippen LogP contribution in [-0.4, -0.2) is 20.2 Å². The molecule has 6 aromatic rings. The Labute approximate surface area is 222 Å². The van der Waals surface area contributed by atoms with Crippen molar-refractivity contribution in [3.05, 3.63) is 162 Å². The molecule has 0 aliphatic rings. The molecule has 0 aliphatic heterocycles. The molecule has 1 heterocycles. The highest BCUT2D eigenvalue weighted by molar-refractivity contribution is 5.80. The van der Waals surface area contributed by atoms with E-state index in [1.807, 2.05) is 72.8 Å². The molecular weight excluding hydrogens is 466 g/mol. The van der Waals surface area contributed by atoms with E-state index in [2.05, 4.69) is 71.8 Å². The van der Waals surface area contributed by atoms with Crippen molar-refractivity contribution in [2.24, 2.45) is 5.73 Å². The maximum Gasteiger partial charge on any atom is 0.205 e. The van der Waals surface area contributed by atoms with Crippen molar-refractivity contribution >= 4 is 0 Å². The largest absolute Gasteiger partial charge is 0.326 e. The van der Waals surface area contributed by atoms with Gasteiger partial charge in [-0.3, -0.25) is 0 Å². The SMILES string of the molecule is NCc1ccc(-c2ccccc2-c2nnn(C(c3ccccc3)(c3ccccc3)c3ccccc3)n2)cc1. The summed E-state index contributed by atoms with van der Waals surface area (Å²) >= 11 is 0. The molecule has 38 heavy (non-hydrogen) atoms. The predicted octanol–water partition coefficient (Wildman–Crippen LogP) is 6.31. The molecule has 0 saturated carbocycles. The van der Waals surface area contributed by atoms with E-state index in [0.717, 1.165) is 38.9 Å². The van der Waals surface area contributed by atoms with Gasteiger partial charge in [0.2, 0.25) is 5.82 Å². The maximum absolute atomic E-state index is 5.82. The lowest BCUT2D eigenvalue weighted by molar-refractivity contribution is 0.396. The first-order valence-electron chi connectivity index (χ1n) is 12.7. The second-order valence-corrected chi connectivity index (χ2v) is 9.16. The van der Waals surface area contributed by atoms with Crippen molar-refractivity contribution in [3.63, 3.8) is 0 Å². The Morgan fingerprint density at radius 2 is 1.03 bits per heavy atom. The average Bonchev–Trinajstić information content (AvgIpc) is 3.50. The first-order valence-corrected chi connectivity index (χ1v) is 12.7. The highest BCUT2D eigenvalue weighted by Crippen LogP contribution is 2.40. The third-order valence-corrected chi connectivity index (χ3v) is 6.96. The number of tetrazole rings is 1. The van der Waals surface area contributed by atoms with E-state index < -0.39 is 5.54 Å². The van der Waals surface area contributed by atoms with Gasteiger partial charge in [-0.25, -0.2) is 0 Å². The van der Waals surface area contributed by atoms with Crippen molar-refractivity contribution in [3.8, 4) is 22.5 Å². The molecule has 5 nitrogen and oxygen atoms in total. The fourth-order valence-electron chi connectivity index (χ4n) is 5.10. The minimum absolute atomic E-state index is 0.512. The van der Waals surface area contributed by atoms with Crippen molar-refractivity contribution in [2.45, 2.75) is 12.1 Å². The number of hydrogen-bond donors (Lipinski definition) is 1. The first-order chi connectivity index (χ1) is 18.8. The molecule has 0 atom stereocenters. The Morgan fingerprint density at radius 1 is 0.553 bits per heavy atom. The number of benzene rings is 5. The van der Waals surface area contributed by atoms with E-state index >= 15 is 0 Å². The second-order valence-electron chi connectivity index (χ2n) is 9.16. The lowest BCUT2D eigenvalue weighted by Crippen LogP contribution is -2.39. The Balaban J connectivity index is 1.57. The molecule has 5 heteroatoms. The topological polar surface area (TPSA) is 69.6 Å². The zero-order chi connectivity index (χ0) is 25.8. The fourth-order valence-corrected chi connectivity index (χ4v) is 5.10. The molecule has 5 aromatic carbocycles. The average molecular weight is 494 g/mol. The van der Waals surface area contributed by atoms with Crippen LogP contribution >= 0.6 is 0 Å². The Hall–Kier alpha value is -4.87. The summed E-state index contributed by atoms with van der Waals surface area (Å²) in [4.78, 5) is 1.76. The molecular formula is C33H27N5. The van der Waals surface area contributed by atoms with E-state index in [1.165, 1.54) is 0 Å². The summed E-state index contributed by atoms with van der Waals surface area (Å²) in [6.45, 7) is 0.512. The Morgan fingerprint density at radius 3 is 1.53 bits per heavy atom. The zero-order valence-electron chi connectivity index (χ0n) is 20.9. The molecule has 0 radical (unpaired) electrons. The minimum atomic E-state index is -0.813. The van der Waals surface area contributed by atoms with E-state index in [1.54, 1.807) is 4.80 Å². The van der Waals surface area contributed by atoms with Gasteiger partial charge in [-0.05, 0) is 38.6 Å². The number of nitrogens with two attached hydrogens (primary N) is 1. The number of nitrogens with zero attached hydrogens (tertiary/aromatic N) is 4. The Bertz CT molecular complexity index is 1530. The first kappa shape index (κ1) is 23.5. The smallest absolute Gasteiger partial charge is 0.205 e. The third kappa shape index (κ3) is 4.09. The zero-order valence-corrected chi connectivity index (χ0v) is 20.9. The standard InChI is InChI=1S/C33H27N5/c34-24-25-20-22-26(23-21-25)30-18-10-11-19-31(30)32-35-37-38(36-32)33(27-12-4-1-5-13-27,28-14-6-2-7-15-28)29-16-8-3-9-17-29/h1-23H,24,34H2. The molecule has 0 aliphatic carbocycles. The molecule has 1 aromatic heterocycles. The van der Waals surface area contributed by atoms with Crippen molar-refractivity contribution in [2.75, 3.05) is 0 Å². The van der Waals surface area contributed by atoms with Crippen LogP contribution in [0.5, 0.6) is 0 Å². The fraction of sp³-hybridized carbons (Fsp3) is 0.0606. The van der Waals surface area contributed by atoms with Crippen LogP contribution in [0.3, 0.4) is 0 Å². The summed E-state index contributed by atoms with van der Waals surface area (Å²) in [7, 11) is 0. The summed E-state index contributed by atoms with van der Waals surface area (Å²) in [5, 5.41) is 14.4. The van der Waals surface area contributed by atoms with Crippen LogP contribution < -0.4 is 5.73 Å². The van der Waals surface area contributed by atoms with Crippen molar-refractivity contribution in [1.29, 1.82) is 0 Å². The monoisotopic (exact) mass is 493 g/mol. The van der Waals surface area contributed by atoms with E-state index in [9.17, 15) is 0 Å². The van der Waals surface area contributed by atoms with Crippen LogP contribution in [0.2, 0.25) is 0 Å². The van der Waals surface area contributed by atoms with Crippen LogP contribution in [0.15, 0.2) is 140 Å². The van der Waals surface area contributed by atoms with Crippen molar-refractivity contribution < 1.29 is 0 Å². The molecule has 184 valence electrons. The van der Waals surface area contributed by atoms with E-state index in [4.69, 9.17) is 16.0 Å². The van der Waals surface area contributed by atoms with Gasteiger partial charge in [0.15, 0.2) is 5.54 Å². The molecule has 0 bridgehead atoms. The summed E-state index contributed by atoms with van der Waals surface area (Å²) in [5.74, 6) is 0.565. The third-order valence-electron chi connectivity index (χ3n) is 6.96. The van der Waals surface area contributed by atoms with Crippen LogP contribution in [0.25, 0.3) is 22.5 Å². The van der Waals surface area contributed by atoms with Crippen LogP contribution in [0.4, 0.5) is 0 Å². The highest BCUT2D eigenvalue weighted by Gasteiger charge is 2.41. The lowest BCUT2D eigenvalue weighted by atomic mass is 9.77. The lowest BCUT2D eigenvalue weighted by Gasteiger charge is -2.34. The normalized spacial score (nSPS) is 11.4. The summed E-state index contributed by atoms with van der Waals surface area (Å²) in [5.41, 5.74) is 12.3. The summed E-state index contributed by atoms with van der Waals surface area (Å²) in [6.07, 6.45) is 0. The molecule has 6 rings (SSSR count). The quantitative estimate of drug-likeness (QED) is 0.265. The van der Waals surface area contributed by atoms with Gasteiger partial charge in [-0.15, -0.1) is 15.0 Å². The molecule has 0 amide bonds. The van der Waals surface area contributed by atoms with Gasteiger partial charge in [-0.1, -0.05) is 140 Å². The van der Waals surface area contributed by atoms with Crippen LogP contribution in [0, 0.1) is 0 Å². The molecule has 0 saturated heterocycles. The van der Waals surface area contributed by atoms with Gasteiger partial charge < -0.3 is 5.73 Å². The Kier molecular flexibility index (Phi) is 6.34. The number of aromatic nitrogens is 4. The van der Waals surface area contributed by atoms with Crippen LogP contribution in [-0.2, 0) is 12.1 Å². The van der Waals surface area contributed by atoms with Gasteiger partial charge in [0.1, 0.15) is 0 Å². The van der Waals surface area contributed by atoms with Gasteiger partial charge >= 0.3 is 0 Å². The summed E-state index contributed by atoms with van der Waals surface area (Å²) < 4.78 is 0. The maximum atomic E-state index is 5.82. The molecule has 0 unspecified atom stereocenters. The predicted molar refractivity (Wildman–Crippen MR) is 151 cm³/mol. The number of rotatable bonds is 7. The highest BCUT2D eigenvalue weighted by atomic mass is 15.6. The van der Waals surface area contributed by atoms with Gasteiger partial charge in [0.25, 0.3) is 0 Å². The van der Waals surface area contributed by atoms with Crippen molar-refractivity contribution in [1.82, 2.24) is 20.2 Å². The number of hydrogen-bond acceptors (Lipinski definition) is 4. The molecule has 0 fully saturated rings. The minimum Gasteiger partial charge on any atom is -0.326 e. The molecule has 2 N–H and O–H groups in total. The molecule has 0 spiro atoms.